The topological polar surface area (TPSA) is 70.6 Å². The highest BCUT2D eigenvalue weighted by molar-refractivity contribution is 7.89. The average Bonchev–Trinajstić information content (AvgIpc) is 2.74. The number of carbonyl (C=O) groups excluding carboxylic acids is 1. The molecule has 0 atom stereocenters. The fourth-order valence-corrected chi connectivity index (χ4v) is 4.81. The van der Waals surface area contributed by atoms with Crippen LogP contribution in [0, 0.1) is 11.6 Å². The molecule has 1 saturated heterocycles. The zero-order chi connectivity index (χ0) is 20.6. The lowest BCUT2D eigenvalue weighted by atomic mass is 10.1. The van der Waals surface area contributed by atoms with Crippen LogP contribution in [-0.2, 0) is 10.0 Å². The SMILES string of the molecule is O=C(c1ccnc2ccccc12)N1CCN(S(=O)(=O)c2ccc(F)c(F)c2)CC1. The molecular formula is C20H17F2N3O3S. The van der Waals surface area contributed by atoms with Crippen LogP contribution in [0.3, 0.4) is 0 Å². The van der Waals surface area contributed by atoms with Gasteiger partial charge in [-0.2, -0.15) is 4.31 Å². The van der Waals surface area contributed by atoms with Crippen molar-refractivity contribution in [3.63, 3.8) is 0 Å². The third-order valence-electron chi connectivity index (χ3n) is 4.93. The van der Waals surface area contributed by atoms with Crippen LogP contribution in [0.5, 0.6) is 0 Å². The molecule has 29 heavy (non-hydrogen) atoms. The van der Waals surface area contributed by atoms with Crippen molar-refractivity contribution in [1.29, 1.82) is 0 Å². The molecule has 150 valence electrons. The summed E-state index contributed by atoms with van der Waals surface area (Å²) >= 11 is 0. The molecule has 2 aromatic carbocycles. The summed E-state index contributed by atoms with van der Waals surface area (Å²) in [5.41, 5.74) is 1.21. The Labute approximate surface area is 166 Å². The van der Waals surface area contributed by atoms with E-state index in [2.05, 4.69) is 4.98 Å². The van der Waals surface area contributed by atoms with Crippen LogP contribution in [0.1, 0.15) is 10.4 Å². The van der Waals surface area contributed by atoms with Gasteiger partial charge in [0.05, 0.1) is 16.0 Å². The van der Waals surface area contributed by atoms with E-state index in [4.69, 9.17) is 0 Å². The molecule has 0 aliphatic carbocycles. The number of aromatic nitrogens is 1. The molecule has 0 radical (unpaired) electrons. The van der Waals surface area contributed by atoms with Crippen molar-refractivity contribution < 1.29 is 22.0 Å². The highest BCUT2D eigenvalue weighted by Gasteiger charge is 2.31. The fraction of sp³-hybridized carbons (Fsp3) is 0.200. The first-order valence-corrected chi connectivity index (χ1v) is 10.4. The molecule has 4 rings (SSSR count). The molecular weight excluding hydrogens is 400 g/mol. The van der Waals surface area contributed by atoms with Crippen molar-refractivity contribution >= 4 is 26.8 Å². The number of pyridine rings is 1. The van der Waals surface area contributed by atoms with Gasteiger partial charge in [-0.05, 0) is 30.3 Å². The van der Waals surface area contributed by atoms with Gasteiger partial charge in [0, 0.05) is 37.8 Å². The van der Waals surface area contributed by atoms with Gasteiger partial charge in [-0.1, -0.05) is 18.2 Å². The smallest absolute Gasteiger partial charge is 0.254 e. The Balaban J connectivity index is 1.51. The minimum absolute atomic E-state index is 0.0656. The molecule has 9 heteroatoms. The highest BCUT2D eigenvalue weighted by atomic mass is 32.2. The predicted molar refractivity (Wildman–Crippen MR) is 103 cm³/mol. The van der Waals surface area contributed by atoms with Crippen LogP contribution < -0.4 is 0 Å². The Morgan fingerprint density at radius 2 is 1.66 bits per heavy atom. The van der Waals surface area contributed by atoms with Gasteiger partial charge >= 0.3 is 0 Å². The molecule has 0 unspecified atom stereocenters. The maximum Gasteiger partial charge on any atom is 0.254 e. The van der Waals surface area contributed by atoms with Crippen LogP contribution in [0.2, 0.25) is 0 Å². The highest BCUT2D eigenvalue weighted by Crippen LogP contribution is 2.22. The Morgan fingerprint density at radius 3 is 2.38 bits per heavy atom. The lowest BCUT2D eigenvalue weighted by Gasteiger charge is -2.34. The fourth-order valence-electron chi connectivity index (χ4n) is 3.37. The number of nitrogens with zero attached hydrogens (tertiary/aromatic N) is 3. The van der Waals surface area contributed by atoms with Crippen LogP contribution in [-0.4, -0.2) is 54.7 Å². The van der Waals surface area contributed by atoms with Crippen LogP contribution in [0.25, 0.3) is 10.9 Å². The van der Waals surface area contributed by atoms with Crippen LogP contribution in [0.15, 0.2) is 59.6 Å². The second kappa shape index (κ2) is 7.49. The standard InChI is InChI=1S/C20H17F2N3O3S/c21-17-6-5-14(13-18(17)22)29(27,28)25-11-9-24(10-12-25)20(26)16-7-8-23-19-4-2-1-3-15(16)19/h1-8,13H,9-12H2. The maximum absolute atomic E-state index is 13.4. The van der Waals surface area contributed by atoms with Gasteiger partial charge in [-0.15, -0.1) is 0 Å². The Morgan fingerprint density at radius 1 is 0.931 bits per heavy atom. The summed E-state index contributed by atoms with van der Waals surface area (Å²) in [7, 11) is -3.97. The number of halogens is 2. The number of hydrogen-bond donors (Lipinski definition) is 0. The minimum Gasteiger partial charge on any atom is -0.336 e. The number of piperazine rings is 1. The van der Waals surface area contributed by atoms with Gasteiger partial charge in [-0.3, -0.25) is 9.78 Å². The molecule has 1 aromatic heterocycles. The largest absolute Gasteiger partial charge is 0.336 e. The third-order valence-corrected chi connectivity index (χ3v) is 6.83. The second-order valence-corrected chi connectivity index (χ2v) is 8.59. The van der Waals surface area contributed by atoms with Gasteiger partial charge in [0.25, 0.3) is 5.91 Å². The summed E-state index contributed by atoms with van der Waals surface area (Å²) < 4.78 is 53.1. The molecule has 2 heterocycles. The summed E-state index contributed by atoms with van der Waals surface area (Å²) in [6.45, 7) is 0.517. The molecule has 3 aromatic rings. The number of hydrogen-bond acceptors (Lipinski definition) is 4. The zero-order valence-corrected chi connectivity index (χ0v) is 16.1. The van der Waals surface area contributed by atoms with Crippen LogP contribution in [0.4, 0.5) is 8.78 Å². The van der Waals surface area contributed by atoms with Gasteiger partial charge in [0.15, 0.2) is 11.6 Å². The average molecular weight is 417 g/mol. The Bertz CT molecular complexity index is 1190. The summed E-state index contributed by atoms with van der Waals surface area (Å²) in [6, 6.07) is 11.4. The number of para-hydroxylation sites is 1. The van der Waals surface area contributed by atoms with E-state index in [1.54, 1.807) is 17.2 Å². The first kappa shape index (κ1) is 19.4. The van der Waals surface area contributed by atoms with E-state index in [-0.39, 0.29) is 37.0 Å². The molecule has 6 nitrogen and oxygen atoms in total. The van der Waals surface area contributed by atoms with Gasteiger partial charge in [0.1, 0.15) is 0 Å². The molecule has 0 saturated carbocycles. The van der Waals surface area contributed by atoms with E-state index < -0.39 is 21.7 Å². The molecule has 1 fully saturated rings. The lowest BCUT2D eigenvalue weighted by molar-refractivity contribution is 0.0700. The minimum atomic E-state index is -3.97. The summed E-state index contributed by atoms with van der Waals surface area (Å²) in [6.07, 6.45) is 1.57. The van der Waals surface area contributed by atoms with Crippen LogP contribution >= 0.6 is 0 Å². The van der Waals surface area contributed by atoms with Crippen molar-refractivity contribution in [2.45, 2.75) is 4.90 Å². The predicted octanol–water partition coefficient (Wildman–Crippen LogP) is 2.66. The van der Waals surface area contributed by atoms with Gasteiger partial charge in [-0.25, -0.2) is 17.2 Å². The van der Waals surface area contributed by atoms with Crippen molar-refractivity contribution in [1.82, 2.24) is 14.2 Å². The molecule has 1 amide bonds. The molecule has 0 N–H and O–H groups in total. The van der Waals surface area contributed by atoms with E-state index >= 15 is 0 Å². The van der Waals surface area contributed by atoms with Gasteiger partial charge in [0.2, 0.25) is 10.0 Å². The number of benzene rings is 2. The van der Waals surface area contributed by atoms with Crippen molar-refractivity contribution in [2.75, 3.05) is 26.2 Å². The quantitative estimate of drug-likeness (QED) is 0.657. The maximum atomic E-state index is 13.4. The summed E-state index contributed by atoms with van der Waals surface area (Å²) in [4.78, 5) is 18.5. The second-order valence-electron chi connectivity index (χ2n) is 6.65. The van der Waals surface area contributed by atoms with E-state index in [0.29, 0.717) is 17.1 Å². The molecule has 0 spiro atoms. The number of carbonyl (C=O) groups is 1. The first-order valence-electron chi connectivity index (χ1n) is 8.96. The third kappa shape index (κ3) is 3.58. The zero-order valence-electron chi connectivity index (χ0n) is 15.3. The Kier molecular flexibility index (Phi) is 5.01. The number of fused-ring (bicyclic) bond motifs is 1. The monoisotopic (exact) mass is 417 g/mol. The van der Waals surface area contributed by atoms with E-state index in [9.17, 15) is 22.0 Å². The lowest BCUT2D eigenvalue weighted by Crippen LogP contribution is -2.50. The Hall–Kier alpha value is -2.91. The molecule has 1 aliphatic heterocycles. The number of rotatable bonds is 3. The molecule has 1 aliphatic rings. The normalized spacial score (nSPS) is 15.6. The van der Waals surface area contributed by atoms with E-state index in [1.165, 1.54) is 4.31 Å². The number of amides is 1. The van der Waals surface area contributed by atoms with Crippen molar-refractivity contribution in [2.24, 2.45) is 0 Å². The van der Waals surface area contributed by atoms with E-state index in [0.717, 1.165) is 17.5 Å². The number of sulfonamides is 1. The van der Waals surface area contributed by atoms with E-state index in [1.807, 2.05) is 24.3 Å². The van der Waals surface area contributed by atoms with Crippen molar-refractivity contribution in [3.8, 4) is 0 Å². The summed E-state index contributed by atoms with van der Waals surface area (Å²) in [5.74, 6) is -2.53. The first-order chi connectivity index (χ1) is 13.9. The van der Waals surface area contributed by atoms with Gasteiger partial charge < -0.3 is 4.90 Å². The molecule has 0 bridgehead atoms. The summed E-state index contributed by atoms with van der Waals surface area (Å²) in [5, 5.41) is 0.733. The van der Waals surface area contributed by atoms with Crippen molar-refractivity contribution in [3.05, 3.63) is 71.9 Å².